The number of nitrogens with zero attached hydrogens (tertiary/aromatic N) is 6. The number of likely N-dealkylation sites (tertiary alicyclic amines) is 1. The number of anilines is 2. The Labute approximate surface area is 183 Å². The molecule has 4 aromatic rings. The van der Waals surface area contributed by atoms with Gasteiger partial charge in [-0.05, 0) is 39.1 Å². The summed E-state index contributed by atoms with van der Waals surface area (Å²) in [4.78, 5) is 33.0. The fourth-order valence-electron chi connectivity index (χ4n) is 4.80. The monoisotopic (exact) mass is 433 g/mol. The molecular weight excluding hydrogens is 410 g/mol. The minimum Gasteiger partial charge on any atom is -0.351 e. The van der Waals surface area contributed by atoms with E-state index in [0.717, 1.165) is 52.1 Å². The number of thiophene rings is 1. The second kappa shape index (κ2) is 6.73. The Balaban J connectivity index is 1.24. The molecule has 1 N–H and O–H groups in total. The Morgan fingerprint density at radius 3 is 2.84 bits per heavy atom. The van der Waals surface area contributed by atoms with Crippen molar-refractivity contribution in [3.8, 4) is 0 Å². The largest absolute Gasteiger partial charge is 0.351 e. The Kier molecular flexibility index (Phi) is 4.06. The second-order valence-corrected chi connectivity index (χ2v) is 9.68. The van der Waals surface area contributed by atoms with Crippen molar-refractivity contribution in [1.82, 2.24) is 24.3 Å². The highest BCUT2D eigenvalue weighted by atomic mass is 32.1. The molecular formula is C22H23N7OS. The van der Waals surface area contributed by atoms with Gasteiger partial charge in [0.1, 0.15) is 16.5 Å². The van der Waals surface area contributed by atoms with E-state index >= 15 is 0 Å². The average molecular weight is 434 g/mol. The van der Waals surface area contributed by atoms with Gasteiger partial charge in [0.2, 0.25) is 0 Å². The maximum Gasteiger partial charge on any atom is 0.267 e. The number of hydrogen-bond acceptors (Lipinski definition) is 7. The molecule has 158 valence electrons. The lowest BCUT2D eigenvalue weighted by atomic mass is 9.92. The van der Waals surface area contributed by atoms with Crippen molar-refractivity contribution in [2.45, 2.75) is 19.9 Å². The number of fused-ring (bicyclic) bond motifs is 3. The standard InChI is InChI=1S/C22H23N7OS/c1-12-7-28-11-18(24-13(2)20(28)23-12)25-21(30)17-6-14-4-5-19(26-22(14)31-17)29-9-15-8-27(3)10-16(15)29/h4-7,11,15-16H,8-10H2,1-3H3,(H,25,30)/t15-,16-/m1/s1. The normalized spacial score (nSPS) is 20.9. The van der Waals surface area contributed by atoms with Crippen molar-refractivity contribution in [2.75, 3.05) is 36.9 Å². The quantitative estimate of drug-likeness (QED) is 0.535. The molecule has 6 heterocycles. The highest BCUT2D eigenvalue weighted by molar-refractivity contribution is 7.20. The van der Waals surface area contributed by atoms with Crippen LogP contribution in [-0.2, 0) is 0 Å². The van der Waals surface area contributed by atoms with Crippen LogP contribution in [0.2, 0.25) is 0 Å². The number of imidazole rings is 1. The van der Waals surface area contributed by atoms with Crippen LogP contribution < -0.4 is 10.2 Å². The van der Waals surface area contributed by atoms with Crippen molar-refractivity contribution >= 4 is 44.7 Å². The summed E-state index contributed by atoms with van der Waals surface area (Å²) in [6.45, 7) is 7.16. The molecule has 0 radical (unpaired) electrons. The maximum atomic E-state index is 12.9. The van der Waals surface area contributed by atoms with Gasteiger partial charge >= 0.3 is 0 Å². The van der Waals surface area contributed by atoms with Gasteiger partial charge in [-0.25, -0.2) is 15.0 Å². The molecule has 0 saturated carbocycles. The van der Waals surface area contributed by atoms with Crippen LogP contribution in [0.3, 0.4) is 0 Å². The predicted octanol–water partition coefficient (Wildman–Crippen LogP) is 2.96. The first-order valence-corrected chi connectivity index (χ1v) is 11.3. The van der Waals surface area contributed by atoms with Gasteiger partial charge < -0.3 is 19.5 Å². The lowest BCUT2D eigenvalue weighted by Crippen LogP contribution is -2.56. The molecule has 2 aliphatic heterocycles. The maximum absolute atomic E-state index is 12.9. The highest BCUT2D eigenvalue weighted by Crippen LogP contribution is 2.36. The van der Waals surface area contributed by atoms with E-state index in [-0.39, 0.29) is 5.91 Å². The smallest absolute Gasteiger partial charge is 0.267 e. The fourth-order valence-corrected chi connectivity index (χ4v) is 5.72. The molecule has 0 aliphatic carbocycles. The minimum atomic E-state index is -0.172. The summed E-state index contributed by atoms with van der Waals surface area (Å²) in [7, 11) is 2.18. The zero-order chi connectivity index (χ0) is 21.3. The van der Waals surface area contributed by atoms with Crippen LogP contribution in [0.5, 0.6) is 0 Å². The van der Waals surface area contributed by atoms with Gasteiger partial charge in [0.15, 0.2) is 5.65 Å². The number of carbonyl (C=O) groups excluding carboxylic acids is 1. The molecule has 9 heteroatoms. The summed E-state index contributed by atoms with van der Waals surface area (Å²) in [6, 6.07) is 6.61. The molecule has 2 saturated heterocycles. The summed E-state index contributed by atoms with van der Waals surface area (Å²) in [6.07, 6.45) is 3.72. The van der Waals surface area contributed by atoms with Crippen LogP contribution in [0.15, 0.2) is 30.6 Å². The Morgan fingerprint density at radius 1 is 1.13 bits per heavy atom. The van der Waals surface area contributed by atoms with Crippen LogP contribution in [0.1, 0.15) is 21.1 Å². The third-order valence-corrected chi connectivity index (χ3v) is 7.32. The molecule has 2 aliphatic rings. The van der Waals surface area contributed by atoms with Gasteiger partial charge in [-0.1, -0.05) is 0 Å². The van der Waals surface area contributed by atoms with Crippen molar-refractivity contribution in [2.24, 2.45) is 5.92 Å². The van der Waals surface area contributed by atoms with E-state index in [9.17, 15) is 4.79 Å². The number of amides is 1. The topological polar surface area (TPSA) is 78.7 Å². The van der Waals surface area contributed by atoms with E-state index in [0.29, 0.717) is 16.7 Å². The summed E-state index contributed by atoms with van der Waals surface area (Å²) in [5.74, 6) is 2.10. The number of pyridine rings is 1. The third kappa shape index (κ3) is 3.07. The number of hydrogen-bond donors (Lipinski definition) is 1. The molecule has 31 heavy (non-hydrogen) atoms. The number of aryl methyl sites for hydroxylation is 2. The third-order valence-electron chi connectivity index (χ3n) is 6.27. The van der Waals surface area contributed by atoms with E-state index in [2.05, 4.69) is 44.3 Å². The van der Waals surface area contributed by atoms with Crippen molar-refractivity contribution < 1.29 is 4.79 Å². The molecule has 1 amide bonds. The lowest BCUT2D eigenvalue weighted by Gasteiger charge is -2.44. The SMILES string of the molecule is Cc1cn2cc(NC(=O)c3cc4ccc(N5C[C@H]6CN(C)C[C@H]65)nc4s3)nc(C)c2n1. The van der Waals surface area contributed by atoms with Crippen LogP contribution >= 0.6 is 11.3 Å². The first kappa shape index (κ1) is 18.7. The highest BCUT2D eigenvalue weighted by Gasteiger charge is 2.45. The first-order valence-electron chi connectivity index (χ1n) is 10.4. The van der Waals surface area contributed by atoms with Gasteiger partial charge in [0.05, 0.1) is 22.5 Å². The van der Waals surface area contributed by atoms with Gasteiger partial charge in [0.25, 0.3) is 5.91 Å². The molecule has 0 spiro atoms. The zero-order valence-corrected chi connectivity index (χ0v) is 18.5. The van der Waals surface area contributed by atoms with E-state index in [1.165, 1.54) is 17.9 Å². The predicted molar refractivity (Wildman–Crippen MR) is 122 cm³/mol. The van der Waals surface area contributed by atoms with E-state index < -0.39 is 0 Å². The van der Waals surface area contributed by atoms with E-state index in [4.69, 9.17) is 4.98 Å². The van der Waals surface area contributed by atoms with Gasteiger partial charge in [0, 0.05) is 43.2 Å². The van der Waals surface area contributed by atoms with Crippen molar-refractivity contribution in [3.63, 3.8) is 0 Å². The fraction of sp³-hybridized carbons (Fsp3) is 0.364. The summed E-state index contributed by atoms with van der Waals surface area (Å²) < 4.78 is 1.90. The summed E-state index contributed by atoms with van der Waals surface area (Å²) in [5.41, 5.74) is 2.49. The van der Waals surface area contributed by atoms with Crippen LogP contribution in [0.25, 0.3) is 15.9 Å². The molecule has 2 fully saturated rings. The van der Waals surface area contributed by atoms with E-state index in [1.54, 1.807) is 6.20 Å². The van der Waals surface area contributed by atoms with Gasteiger partial charge in [-0.2, -0.15) is 0 Å². The Hall–Kier alpha value is -3.04. The lowest BCUT2D eigenvalue weighted by molar-refractivity contribution is 0.103. The molecule has 0 unspecified atom stereocenters. The molecule has 2 atom stereocenters. The Morgan fingerprint density at radius 2 is 2.00 bits per heavy atom. The summed E-state index contributed by atoms with van der Waals surface area (Å²) >= 11 is 1.42. The molecule has 6 rings (SSSR count). The molecule has 8 nitrogen and oxygen atoms in total. The van der Waals surface area contributed by atoms with Crippen LogP contribution in [-0.4, -0.2) is 62.9 Å². The van der Waals surface area contributed by atoms with Gasteiger partial charge in [-0.3, -0.25) is 4.79 Å². The van der Waals surface area contributed by atoms with Crippen LogP contribution in [0.4, 0.5) is 11.6 Å². The number of likely N-dealkylation sites (N-methyl/N-ethyl adjacent to an activating group) is 1. The number of carbonyl (C=O) groups is 1. The van der Waals surface area contributed by atoms with E-state index in [1.807, 2.05) is 30.5 Å². The first-order chi connectivity index (χ1) is 14.9. The number of aromatic nitrogens is 4. The molecule has 0 aromatic carbocycles. The second-order valence-electron chi connectivity index (χ2n) is 8.65. The number of nitrogens with one attached hydrogen (secondary N) is 1. The number of rotatable bonds is 3. The summed E-state index contributed by atoms with van der Waals surface area (Å²) in [5, 5.41) is 3.91. The van der Waals surface area contributed by atoms with Crippen molar-refractivity contribution in [3.05, 3.63) is 46.9 Å². The molecule has 0 bridgehead atoms. The molecule has 4 aromatic heterocycles. The van der Waals surface area contributed by atoms with Crippen molar-refractivity contribution in [1.29, 1.82) is 0 Å². The average Bonchev–Trinajstić information content (AvgIpc) is 3.38. The van der Waals surface area contributed by atoms with Gasteiger partial charge in [-0.15, -0.1) is 11.3 Å². The zero-order valence-electron chi connectivity index (χ0n) is 17.7. The Bertz CT molecular complexity index is 1340. The minimum absolute atomic E-state index is 0.172. The van der Waals surface area contributed by atoms with Crippen LogP contribution in [0, 0.1) is 19.8 Å².